The number of carboxylic acid groups (broad SMARTS) is 1. The van der Waals surface area contributed by atoms with Gasteiger partial charge in [0.2, 0.25) is 4.73 Å². The number of hydrogen-bond acceptors (Lipinski definition) is 5. The summed E-state index contributed by atoms with van der Waals surface area (Å²) >= 11 is 4.52. The second kappa shape index (κ2) is 8.86. The molecule has 1 aliphatic carbocycles. The fourth-order valence-corrected chi connectivity index (χ4v) is 4.14. The minimum atomic E-state index is -1.13. The number of nitrogens with zero attached hydrogens (tertiary/aromatic N) is 3. The Kier molecular flexibility index (Phi) is 7.29. The van der Waals surface area contributed by atoms with Crippen molar-refractivity contribution in [2.45, 2.75) is 23.9 Å². The summed E-state index contributed by atoms with van der Waals surface area (Å²) in [6, 6.07) is 12.5. The number of rotatable bonds is 5. The van der Waals surface area contributed by atoms with E-state index in [1.807, 2.05) is 16.7 Å². The average molecular weight is 444 g/mol. The van der Waals surface area contributed by atoms with E-state index in [2.05, 4.69) is 50.4 Å². The third-order valence-electron chi connectivity index (χ3n) is 4.11. The second-order valence-electron chi connectivity index (χ2n) is 5.74. The maximum Gasteiger partial charge on any atom is 1.00 e. The molecule has 0 spiro atoms. The fourth-order valence-electron chi connectivity index (χ4n) is 2.92. The quantitative estimate of drug-likeness (QED) is 0.374. The van der Waals surface area contributed by atoms with E-state index in [-0.39, 0.29) is 40.8 Å². The smallest absolute Gasteiger partial charge is 0.549 e. The van der Waals surface area contributed by atoms with Crippen LogP contribution in [0.25, 0.3) is 16.5 Å². The van der Waals surface area contributed by atoms with E-state index < -0.39 is 5.97 Å². The molecule has 1 heterocycles. The predicted molar refractivity (Wildman–Crippen MR) is 97.9 cm³/mol. The Morgan fingerprint density at radius 3 is 2.54 bits per heavy atom. The van der Waals surface area contributed by atoms with Crippen LogP contribution in [0.5, 0.6) is 0 Å². The number of halogens is 1. The molecular formula is C17H15BrN3NaO3S. The number of carbonyl (C=O) groups is 1. The van der Waals surface area contributed by atoms with Gasteiger partial charge < -0.3 is 15.4 Å². The molecule has 1 saturated carbocycles. The van der Waals surface area contributed by atoms with Crippen LogP contribution < -0.4 is 34.7 Å². The summed E-state index contributed by atoms with van der Waals surface area (Å²) in [5.74, 6) is -0.636. The Hall–Kier alpha value is -0.900. The monoisotopic (exact) mass is 443 g/mol. The molecule has 0 radical (unpaired) electrons. The predicted octanol–water partition coefficient (Wildman–Crippen LogP) is -0.918. The first-order valence-electron chi connectivity index (χ1n) is 7.60. The maximum atomic E-state index is 10.8. The van der Waals surface area contributed by atoms with E-state index >= 15 is 0 Å². The van der Waals surface area contributed by atoms with Crippen LogP contribution in [0.15, 0.2) is 46.3 Å². The van der Waals surface area contributed by atoms with Crippen LogP contribution in [-0.4, -0.2) is 32.0 Å². The Labute approximate surface area is 185 Å². The minimum absolute atomic E-state index is 0. The third kappa shape index (κ3) is 4.16. The molecule has 3 aromatic rings. The molecule has 26 heavy (non-hydrogen) atoms. The number of benzene rings is 2. The molecule has 9 heteroatoms. The van der Waals surface area contributed by atoms with E-state index in [1.54, 1.807) is 0 Å². The molecule has 0 amide bonds. The molecule has 1 fully saturated rings. The van der Waals surface area contributed by atoms with Crippen LogP contribution in [0.3, 0.4) is 0 Å². The topological polar surface area (TPSA) is 102 Å². The summed E-state index contributed by atoms with van der Waals surface area (Å²) < 4.78 is 2.39. The van der Waals surface area contributed by atoms with Gasteiger partial charge in [0.05, 0.1) is 11.7 Å². The van der Waals surface area contributed by atoms with Crippen molar-refractivity contribution in [1.29, 1.82) is 0 Å². The molecular weight excluding hydrogens is 429 g/mol. The number of hydrogen-bond donors (Lipinski definition) is 0. The summed E-state index contributed by atoms with van der Waals surface area (Å²) in [5, 5.41) is 21.7. The van der Waals surface area contributed by atoms with E-state index in [1.165, 1.54) is 23.8 Å². The molecule has 0 bridgehead atoms. The minimum Gasteiger partial charge on any atom is -0.549 e. The number of aromatic nitrogens is 3. The number of carboxylic acids is 1. The number of carbonyl (C=O) groups excluding carboxylic acids is 1. The standard InChI is InChI=1S/C17H14BrN3O2S.Na.H2O/c18-16-19-20-17(24-9-15(22)23)21(16)14-8-7-11(10-5-6-10)12-3-1-2-4-13(12)14;;/h1-4,7-8,10H,5-6,9H2,(H,22,23);;1H2/q;+1;/p-1. The van der Waals surface area contributed by atoms with E-state index in [9.17, 15) is 9.90 Å². The fraction of sp³-hybridized carbons (Fsp3) is 0.235. The van der Waals surface area contributed by atoms with Gasteiger partial charge in [-0.2, -0.15) is 0 Å². The molecule has 2 aromatic carbocycles. The SMILES string of the molecule is O.O=C([O-])CSc1nnc(Br)n1-c1ccc(C2CC2)c2ccccc12.[Na+]. The van der Waals surface area contributed by atoms with E-state index in [0.29, 0.717) is 15.8 Å². The van der Waals surface area contributed by atoms with E-state index in [0.717, 1.165) is 22.8 Å². The Morgan fingerprint density at radius 1 is 1.19 bits per heavy atom. The van der Waals surface area contributed by atoms with Gasteiger partial charge in [-0.05, 0) is 51.7 Å². The molecule has 1 aromatic heterocycles. The summed E-state index contributed by atoms with van der Waals surface area (Å²) in [6.07, 6.45) is 2.48. The molecule has 0 saturated heterocycles. The van der Waals surface area contributed by atoms with Gasteiger partial charge in [-0.3, -0.25) is 4.57 Å². The Bertz CT molecular complexity index is 946. The van der Waals surface area contributed by atoms with Crippen LogP contribution in [0, 0.1) is 0 Å². The van der Waals surface area contributed by atoms with Crippen LogP contribution >= 0.6 is 27.7 Å². The normalized spacial score (nSPS) is 13.1. The van der Waals surface area contributed by atoms with Crippen molar-refractivity contribution in [2.75, 3.05) is 5.75 Å². The largest absolute Gasteiger partial charge is 1.00 e. The van der Waals surface area contributed by atoms with Gasteiger partial charge in [0, 0.05) is 11.1 Å². The second-order valence-corrected chi connectivity index (χ2v) is 7.39. The zero-order chi connectivity index (χ0) is 16.7. The zero-order valence-corrected chi connectivity index (χ0v) is 18.5. The summed E-state index contributed by atoms with van der Waals surface area (Å²) in [5.41, 5.74) is 2.32. The first-order chi connectivity index (χ1) is 11.6. The molecule has 4 rings (SSSR count). The number of fused-ring (bicyclic) bond motifs is 1. The van der Waals surface area contributed by atoms with Crippen molar-refractivity contribution >= 4 is 44.4 Å². The molecule has 6 nitrogen and oxygen atoms in total. The van der Waals surface area contributed by atoms with Gasteiger partial charge >= 0.3 is 29.6 Å². The first kappa shape index (κ1) is 21.4. The van der Waals surface area contributed by atoms with Gasteiger partial charge in [0.15, 0.2) is 5.16 Å². The molecule has 2 N–H and O–H groups in total. The summed E-state index contributed by atoms with van der Waals surface area (Å²) in [6.45, 7) is 0. The number of thioether (sulfide) groups is 1. The summed E-state index contributed by atoms with van der Waals surface area (Å²) in [7, 11) is 0. The van der Waals surface area contributed by atoms with Gasteiger partial charge in [-0.15, -0.1) is 10.2 Å². The number of aliphatic carboxylic acids is 1. The van der Waals surface area contributed by atoms with Gasteiger partial charge in [-0.25, -0.2) is 0 Å². The summed E-state index contributed by atoms with van der Waals surface area (Å²) in [4.78, 5) is 10.8. The molecule has 130 valence electrons. The van der Waals surface area contributed by atoms with Crippen molar-refractivity contribution in [3.8, 4) is 5.69 Å². The zero-order valence-electron chi connectivity index (χ0n) is 14.1. The van der Waals surface area contributed by atoms with Crippen molar-refractivity contribution in [2.24, 2.45) is 0 Å². The van der Waals surface area contributed by atoms with Crippen LogP contribution in [0.1, 0.15) is 24.3 Å². The molecule has 0 aliphatic heterocycles. The van der Waals surface area contributed by atoms with Gasteiger partial charge in [0.1, 0.15) is 0 Å². The maximum absolute atomic E-state index is 10.8. The Balaban J connectivity index is 0.00000121. The average Bonchev–Trinajstić information content (AvgIpc) is 3.35. The van der Waals surface area contributed by atoms with Crippen LogP contribution in [-0.2, 0) is 4.79 Å². The van der Waals surface area contributed by atoms with Crippen molar-refractivity contribution in [3.05, 3.63) is 46.7 Å². The van der Waals surface area contributed by atoms with E-state index in [4.69, 9.17) is 0 Å². The first-order valence-corrected chi connectivity index (χ1v) is 9.38. The van der Waals surface area contributed by atoms with Crippen molar-refractivity contribution < 1.29 is 44.9 Å². The Morgan fingerprint density at radius 2 is 1.88 bits per heavy atom. The molecule has 1 aliphatic rings. The third-order valence-corrected chi connectivity index (χ3v) is 5.52. The van der Waals surface area contributed by atoms with Crippen molar-refractivity contribution in [1.82, 2.24) is 14.8 Å². The van der Waals surface area contributed by atoms with Gasteiger partial charge in [-0.1, -0.05) is 42.1 Å². The molecule has 0 atom stereocenters. The van der Waals surface area contributed by atoms with Crippen molar-refractivity contribution in [3.63, 3.8) is 0 Å². The van der Waals surface area contributed by atoms with Crippen LogP contribution in [0.2, 0.25) is 0 Å². The van der Waals surface area contributed by atoms with Gasteiger partial charge in [0.25, 0.3) is 0 Å². The van der Waals surface area contributed by atoms with Crippen LogP contribution in [0.4, 0.5) is 0 Å². The molecule has 0 unspecified atom stereocenters.